The summed E-state index contributed by atoms with van der Waals surface area (Å²) < 4.78 is 5.87. The van der Waals surface area contributed by atoms with Gasteiger partial charge in [-0.05, 0) is 48.2 Å². The van der Waals surface area contributed by atoms with Crippen molar-refractivity contribution in [2.75, 3.05) is 26.2 Å². The van der Waals surface area contributed by atoms with Gasteiger partial charge in [-0.15, -0.1) is 0 Å². The van der Waals surface area contributed by atoms with E-state index in [1.54, 1.807) is 0 Å². The maximum absolute atomic E-state index is 13.7. The molecule has 0 N–H and O–H groups in total. The van der Waals surface area contributed by atoms with E-state index in [4.69, 9.17) is 16.3 Å². The lowest BCUT2D eigenvalue weighted by atomic mass is 9.71. The fourth-order valence-electron chi connectivity index (χ4n) is 5.95. The van der Waals surface area contributed by atoms with E-state index in [1.165, 1.54) is 5.56 Å². The summed E-state index contributed by atoms with van der Waals surface area (Å²) in [6.45, 7) is 3.06. The van der Waals surface area contributed by atoms with Gasteiger partial charge in [0.05, 0.1) is 13.2 Å². The number of nitrogens with zero attached hydrogens (tertiary/aromatic N) is 2. The quantitative estimate of drug-likeness (QED) is 0.761. The lowest BCUT2D eigenvalue weighted by Gasteiger charge is -2.53. The highest BCUT2D eigenvalue weighted by Gasteiger charge is 2.72. The van der Waals surface area contributed by atoms with Gasteiger partial charge < -0.3 is 9.64 Å². The molecule has 6 rings (SSSR count). The van der Waals surface area contributed by atoms with Crippen molar-refractivity contribution >= 4 is 17.5 Å². The molecule has 0 aromatic heterocycles. The number of hydrogen-bond acceptors (Lipinski definition) is 3. The van der Waals surface area contributed by atoms with E-state index in [2.05, 4.69) is 40.1 Å². The molecule has 4 nitrogen and oxygen atoms in total. The molecule has 1 atom stereocenters. The van der Waals surface area contributed by atoms with Crippen LogP contribution in [0.5, 0.6) is 0 Å². The third-order valence-corrected chi connectivity index (χ3v) is 7.40. The van der Waals surface area contributed by atoms with Gasteiger partial charge in [0.1, 0.15) is 11.4 Å². The van der Waals surface area contributed by atoms with Crippen LogP contribution in [0.25, 0.3) is 0 Å². The van der Waals surface area contributed by atoms with Crippen molar-refractivity contribution in [1.82, 2.24) is 9.80 Å². The normalized spacial score (nSPS) is 26.9. The van der Waals surface area contributed by atoms with Gasteiger partial charge in [-0.2, -0.15) is 0 Å². The van der Waals surface area contributed by atoms with Crippen molar-refractivity contribution in [3.63, 3.8) is 0 Å². The van der Waals surface area contributed by atoms with Crippen molar-refractivity contribution in [2.24, 2.45) is 0 Å². The molecule has 1 saturated heterocycles. The number of benzene rings is 2. The van der Waals surface area contributed by atoms with E-state index in [0.29, 0.717) is 0 Å². The highest BCUT2D eigenvalue weighted by atomic mass is 35.5. The average Bonchev–Trinajstić information content (AvgIpc) is 3.19. The van der Waals surface area contributed by atoms with Gasteiger partial charge in [0, 0.05) is 35.5 Å². The molecule has 1 spiro atoms. The second-order valence-corrected chi connectivity index (χ2v) is 8.93. The van der Waals surface area contributed by atoms with Crippen molar-refractivity contribution in [1.29, 1.82) is 0 Å². The Bertz CT molecular complexity index is 1030. The van der Waals surface area contributed by atoms with Crippen LogP contribution in [-0.4, -0.2) is 41.9 Å². The molecule has 1 amide bonds. The summed E-state index contributed by atoms with van der Waals surface area (Å²) in [6, 6.07) is 16.3. The topological polar surface area (TPSA) is 32.8 Å². The van der Waals surface area contributed by atoms with Crippen molar-refractivity contribution in [3.8, 4) is 0 Å². The summed E-state index contributed by atoms with van der Waals surface area (Å²) in [6.07, 6.45) is 5.31. The molecule has 1 unspecified atom stereocenters. The third kappa shape index (κ3) is 2.22. The maximum atomic E-state index is 13.7. The fraction of sp³-hybridized carbons (Fsp3) is 0.375. The van der Waals surface area contributed by atoms with Gasteiger partial charge in [0.2, 0.25) is 0 Å². The van der Waals surface area contributed by atoms with Gasteiger partial charge in [0.25, 0.3) is 5.91 Å². The van der Waals surface area contributed by atoms with E-state index in [9.17, 15) is 4.79 Å². The number of ether oxygens (including phenoxy) is 1. The zero-order chi connectivity index (χ0) is 19.6. The number of carbonyl (C=O) groups is 1. The summed E-state index contributed by atoms with van der Waals surface area (Å²) in [5.41, 5.74) is 2.65. The van der Waals surface area contributed by atoms with Gasteiger partial charge in [-0.1, -0.05) is 41.9 Å². The SMILES string of the molecule is O=C1c2ccccc2C2(CC2)C2(c3ccc(Cl)cc3)N(CC3=CCCO3)CCN12. The Morgan fingerprint density at radius 2 is 1.83 bits per heavy atom. The van der Waals surface area contributed by atoms with Gasteiger partial charge in [-0.3, -0.25) is 9.69 Å². The summed E-state index contributed by atoms with van der Waals surface area (Å²) in [5.74, 6) is 1.17. The van der Waals surface area contributed by atoms with Crippen molar-refractivity contribution < 1.29 is 9.53 Å². The molecule has 2 aromatic carbocycles. The number of halogens is 1. The second-order valence-electron chi connectivity index (χ2n) is 8.49. The minimum absolute atomic E-state index is 0.0823. The van der Waals surface area contributed by atoms with Crippen LogP contribution in [0.1, 0.15) is 40.7 Å². The Morgan fingerprint density at radius 3 is 2.55 bits per heavy atom. The van der Waals surface area contributed by atoms with Crippen LogP contribution in [0.15, 0.2) is 60.4 Å². The number of hydrogen-bond donors (Lipinski definition) is 0. The summed E-state index contributed by atoms with van der Waals surface area (Å²) >= 11 is 6.24. The number of rotatable bonds is 3. The van der Waals surface area contributed by atoms with Gasteiger partial charge in [0.15, 0.2) is 0 Å². The van der Waals surface area contributed by atoms with E-state index < -0.39 is 5.66 Å². The smallest absolute Gasteiger partial charge is 0.255 e. The van der Waals surface area contributed by atoms with Crippen LogP contribution >= 0.6 is 11.6 Å². The molecule has 4 aliphatic rings. The summed E-state index contributed by atoms with van der Waals surface area (Å²) in [4.78, 5) is 18.3. The molecule has 2 aromatic rings. The molecule has 3 heterocycles. The molecule has 0 radical (unpaired) electrons. The molecule has 3 aliphatic heterocycles. The first-order valence-corrected chi connectivity index (χ1v) is 10.8. The highest BCUT2D eigenvalue weighted by Crippen LogP contribution is 2.67. The Labute approximate surface area is 175 Å². The molecule has 148 valence electrons. The fourth-order valence-corrected chi connectivity index (χ4v) is 6.07. The first-order chi connectivity index (χ1) is 14.2. The van der Waals surface area contributed by atoms with Crippen LogP contribution in [-0.2, 0) is 15.8 Å². The monoisotopic (exact) mass is 406 g/mol. The second kappa shape index (κ2) is 6.10. The molecule has 1 saturated carbocycles. The van der Waals surface area contributed by atoms with Crippen molar-refractivity contribution in [3.05, 3.63) is 82.1 Å². The van der Waals surface area contributed by atoms with E-state index >= 15 is 0 Å². The van der Waals surface area contributed by atoms with Crippen LogP contribution in [0, 0.1) is 0 Å². The molecule has 0 bridgehead atoms. The summed E-state index contributed by atoms with van der Waals surface area (Å²) in [7, 11) is 0. The number of carbonyl (C=O) groups excluding carboxylic acids is 1. The maximum Gasteiger partial charge on any atom is 0.255 e. The Morgan fingerprint density at radius 1 is 1.03 bits per heavy atom. The number of amides is 1. The lowest BCUT2D eigenvalue weighted by molar-refractivity contribution is -0.0261. The standard InChI is InChI=1S/C24H23ClN2O2/c25-18-9-7-17(8-10-18)24-23(11-12-23)21-6-2-1-5-20(21)22(28)27(24)14-13-26(24)16-19-4-3-15-29-19/h1-2,4-10H,3,11-16H2. The average molecular weight is 407 g/mol. The highest BCUT2D eigenvalue weighted by molar-refractivity contribution is 6.30. The third-order valence-electron chi connectivity index (χ3n) is 7.15. The Balaban J connectivity index is 1.59. The largest absolute Gasteiger partial charge is 0.497 e. The van der Waals surface area contributed by atoms with Gasteiger partial charge in [-0.25, -0.2) is 0 Å². The predicted octanol–water partition coefficient (Wildman–Crippen LogP) is 4.30. The minimum Gasteiger partial charge on any atom is -0.497 e. The predicted molar refractivity (Wildman–Crippen MR) is 112 cm³/mol. The van der Waals surface area contributed by atoms with Crippen LogP contribution < -0.4 is 0 Å². The van der Waals surface area contributed by atoms with E-state index in [1.807, 2.05) is 24.3 Å². The molecular formula is C24H23ClN2O2. The molecule has 29 heavy (non-hydrogen) atoms. The van der Waals surface area contributed by atoms with Crippen molar-refractivity contribution in [2.45, 2.75) is 30.3 Å². The number of fused-ring (bicyclic) bond motifs is 4. The zero-order valence-electron chi connectivity index (χ0n) is 16.2. The molecule has 1 aliphatic carbocycles. The Hall–Kier alpha value is -2.30. The van der Waals surface area contributed by atoms with Crippen LogP contribution in [0.3, 0.4) is 0 Å². The molecule has 5 heteroatoms. The Kier molecular flexibility index (Phi) is 3.69. The summed E-state index contributed by atoms with van der Waals surface area (Å²) in [5, 5.41) is 0.718. The minimum atomic E-state index is -0.490. The lowest BCUT2D eigenvalue weighted by Crippen LogP contribution is -2.63. The van der Waals surface area contributed by atoms with E-state index in [0.717, 1.165) is 67.4 Å². The van der Waals surface area contributed by atoms with Crippen LogP contribution in [0.4, 0.5) is 0 Å². The van der Waals surface area contributed by atoms with E-state index in [-0.39, 0.29) is 11.3 Å². The first-order valence-electron chi connectivity index (χ1n) is 10.4. The van der Waals surface area contributed by atoms with Gasteiger partial charge >= 0.3 is 0 Å². The zero-order valence-corrected chi connectivity index (χ0v) is 17.0. The molecular weight excluding hydrogens is 384 g/mol. The molecule has 2 fully saturated rings. The first kappa shape index (κ1) is 17.5. The van der Waals surface area contributed by atoms with Crippen LogP contribution in [0.2, 0.25) is 5.02 Å².